The molecule has 0 saturated heterocycles. The van der Waals surface area contributed by atoms with Crippen LogP contribution in [0.5, 0.6) is 5.75 Å². The number of ether oxygens (including phenoxy) is 1. The van der Waals surface area contributed by atoms with E-state index in [-0.39, 0.29) is 5.91 Å². The lowest BCUT2D eigenvalue weighted by Gasteiger charge is -2.10. The van der Waals surface area contributed by atoms with Crippen LogP contribution in [0.15, 0.2) is 79.1 Å². The van der Waals surface area contributed by atoms with E-state index in [1.54, 1.807) is 18.3 Å². The topological polar surface area (TPSA) is 56.2 Å². The number of aryl methyl sites for hydroxylation is 2. The molecule has 5 nitrogen and oxygen atoms in total. The normalized spacial score (nSPS) is 10.7. The summed E-state index contributed by atoms with van der Waals surface area (Å²) in [5.74, 6) is 0.579. The second-order valence-electron chi connectivity index (χ2n) is 7.77. The first-order chi connectivity index (χ1) is 15.5. The smallest absolute Gasteiger partial charge is 0.255 e. The van der Waals surface area contributed by atoms with Crippen molar-refractivity contribution in [2.75, 3.05) is 5.32 Å². The summed E-state index contributed by atoms with van der Waals surface area (Å²) in [5, 5.41) is 7.95. The van der Waals surface area contributed by atoms with Gasteiger partial charge in [0.05, 0.1) is 18.4 Å². The van der Waals surface area contributed by atoms with Gasteiger partial charge in [0.25, 0.3) is 5.91 Å². The largest absolute Gasteiger partial charge is 0.489 e. The minimum atomic E-state index is -0.190. The van der Waals surface area contributed by atoms with E-state index in [1.165, 1.54) is 5.56 Å². The molecule has 1 N–H and O–H groups in total. The SMILES string of the molecule is Cc1cccc(Cn2cc(NC(=O)c3cccc(COc4ccc(Cl)cc4C)c3)cn2)c1. The van der Waals surface area contributed by atoms with Gasteiger partial charge in [0.15, 0.2) is 0 Å². The molecule has 1 aromatic heterocycles. The molecular formula is C26H24ClN3O2. The highest BCUT2D eigenvalue weighted by molar-refractivity contribution is 6.30. The molecule has 3 aromatic carbocycles. The Labute approximate surface area is 192 Å². The Hall–Kier alpha value is -3.57. The number of benzene rings is 3. The summed E-state index contributed by atoms with van der Waals surface area (Å²) < 4.78 is 7.70. The fourth-order valence-corrected chi connectivity index (χ4v) is 3.68. The number of carbonyl (C=O) groups is 1. The summed E-state index contributed by atoms with van der Waals surface area (Å²) >= 11 is 6.00. The van der Waals surface area contributed by atoms with Crippen LogP contribution in [0.25, 0.3) is 0 Å². The molecule has 6 heteroatoms. The van der Waals surface area contributed by atoms with Crippen LogP contribution in [0.4, 0.5) is 5.69 Å². The molecule has 4 aromatic rings. The Kier molecular flexibility index (Phi) is 6.57. The van der Waals surface area contributed by atoms with Gasteiger partial charge < -0.3 is 10.1 Å². The maximum atomic E-state index is 12.7. The van der Waals surface area contributed by atoms with E-state index in [0.717, 1.165) is 22.4 Å². The Morgan fingerprint density at radius 3 is 2.66 bits per heavy atom. The Morgan fingerprint density at radius 2 is 1.84 bits per heavy atom. The first-order valence-electron chi connectivity index (χ1n) is 10.3. The highest BCUT2D eigenvalue weighted by Gasteiger charge is 2.10. The van der Waals surface area contributed by atoms with Gasteiger partial charge in [0.1, 0.15) is 12.4 Å². The van der Waals surface area contributed by atoms with Gasteiger partial charge in [0, 0.05) is 16.8 Å². The number of rotatable bonds is 7. The quantitative estimate of drug-likeness (QED) is 0.377. The standard InChI is InChI=1S/C26H24ClN3O2/c1-18-5-3-6-20(11-18)15-30-16-24(14-28-30)29-26(31)22-8-4-7-21(13-22)17-32-25-10-9-23(27)12-19(25)2/h3-14,16H,15,17H2,1-2H3,(H,29,31). The second-order valence-corrected chi connectivity index (χ2v) is 8.21. The van der Waals surface area contributed by atoms with Crippen LogP contribution in [-0.2, 0) is 13.2 Å². The summed E-state index contributed by atoms with van der Waals surface area (Å²) in [6, 6.07) is 21.2. The molecular weight excluding hydrogens is 422 g/mol. The third kappa shape index (κ3) is 5.56. The maximum absolute atomic E-state index is 12.7. The van der Waals surface area contributed by atoms with E-state index in [4.69, 9.17) is 16.3 Å². The number of amides is 1. The van der Waals surface area contributed by atoms with E-state index in [2.05, 4.69) is 35.5 Å². The summed E-state index contributed by atoms with van der Waals surface area (Å²) in [5.41, 5.74) is 5.45. The molecule has 0 unspecified atom stereocenters. The van der Waals surface area contributed by atoms with Crippen molar-refractivity contribution >= 4 is 23.2 Å². The van der Waals surface area contributed by atoms with Crippen LogP contribution in [0, 0.1) is 13.8 Å². The molecule has 1 amide bonds. The third-order valence-electron chi connectivity index (χ3n) is 5.04. The summed E-state index contributed by atoms with van der Waals surface area (Å²) in [4.78, 5) is 12.7. The number of aromatic nitrogens is 2. The van der Waals surface area contributed by atoms with Crippen molar-refractivity contribution in [2.45, 2.75) is 27.0 Å². The molecule has 0 atom stereocenters. The highest BCUT2D eigenvalue weighted by Crippen LogP contribution is 2.23. The van der Waals surface area contributed by atoms with Gasteiger partial charge in [-0.1, -0.05) is 53.6 Å². The minimum Gasteiger partial charge on any atom is -0.489 e. The van der Waals surface area contributed by atoms with E-state index in [0.29, 0.717) is 29.4 Å². The summed E-state index contributed by atoms with van der Waals surface area (Å²) in [6.45, 7) is 5.02. The van der Waals surface area contributed by atoms with Crippen molar-refractivity contribution in [1.29, 1.82) is 0 Å². The first kappa shape index (κ1) is 21.7. The molecule has 1 heterocycles. The van der Waals surface area contributed by atoms with Gasteiger partial charge in [-0.25, -0.2) is 0 Å². The molecule has 32 heavy (non-hydrogen) atoms. The number of carbonyl (C=O) groups excluding carboxylic acids is 1. The number of halogens is 1. The average molecular weight is 446 g/mol. The van der Waals surface area contributed by atoms with E-state index in [9.17, 15) is 4.79 Å². The molecule has 0 aliphatic rings. The number of anilines is 1. The van der Waals surface area contributed by atoms with Crippen molar-refractivity contribution in [3.8, 4) is 5.75 Å². The van der Waals surface area contributed by atoms with Crippen LogP contribution in [0.2, 0.25) is 5.02 Å². The number of hydrogen-bond acceptors (Lipinski definition) is 3. The lowest BCUT2D eigenvalue weighted by Crippen LogP contribution is -2.12. The molecule has 0 aliphatic heterocycles. The number of hydrogen-bond donors (Lipinski definition) is 1. The predicted molar refractivity (Wildman–Crippen MR) is 127 cm³/mol. The Bertz CT molecular complexity index is 1250. The van der Waals surface area contributed by atoms with Crippen LogP contribution in [0.3, 0.4) is 0 Å². The maximum Gasteiger partial charge on any atom is 0.255 e. The lowest BCUT2D eigenvalue weighted by molar-refractivity contribution is 0.102. The molecule has 0 aliphatic carbocycles. The molecule has 0 saturated carbocycles. The van der Waals surface area contributed by atoms with Crippen molar-refractivity contribution in [2.24, 2.45) is 0 Å². The van der Waals surface area contributed by atoms with Crippen LogP contribution < -0.4 is 10.1 Å². The molecule has 0 fully saturated rings. The number of nitrogens with one attached hydrogen (secondary N) is 1. The van der Waals surface area contributed by atoms with Gasteiger partial charge in [-0.15, -0.1) is 0 Å². The second kappa shape index (κ2) is 9.71. The molecule has 0 bridgehead atoms. The zero-order chi connectivity index (χ0) is 22.5. The van der Waals surface area contributed by atoms with Gasteiger partial charge >= 0.3 is 0 Å². The molecule has 162 valence electrons. The third-order valence-corrected chi connectivity index (χ3v) is 5.27. The fraction of sp³-hybridized carbons (Fsp3) is 0.154. The average Bonchev–Trinajstić information content (AvgIpc) is 3.20. The first-order valence-corrected chi connectivity index (χ1v) is 10.7. The van der Waals surface area contributed by atoms with E-state index >= 15 is 0 Å². The van der Waals surface area contributed by atoms with Crippen molar-refractivity contribution in [3.63, 3.8) is 0 Å². The van der Waals surface area contributed by atoms with E-state index < -0.39 is 0 Å². The van der Waals surface area contributed by atoms with Gasteiger partial charge in [0.2, 0.25) is 0 Å². The number of nitrogens with zero attached hydrogens (tertiary/aromatic N) is 2. The summed E-state index contributed by atoms with van der Waals surface area (Å²) in [7, 11) is 0. The minimum absolute atomic E-state index is 0.190. The fourth-order valence-electron chi connectivity index (χ4n) is 3.45. The van der Waals surface area contributed by atoms with Crippen molar-refractivity contribution in [3.05, 3.63) is 112 Å². The zero-order valence-electron chi connectivity index (χ0n) is 18.0. The van der Waals surface area contributed by atoms with Crippen molar-refractivity contribution in [1.82, 2.24) is 9.78 Å². The zero-order valence-corrected chi connectivity index (χ0v) is 18.8. The summed E-state index contributed by atoms with van der Waals surface area (Å²) in [6.07, 6.45) is 3.49. The Balaban J connectivity index is 1.38. The monoisotopic (exact) mass is 445 g/mol. The highest BCUT2D eigenvalue weighted by atomic mass is 35.5. The molecule has 0 radical (unpaired) electrons. The van der Waals surface area contributed by atoms with Crippen molar-refractivity contribution < 1.29 is 9.53 Å². The van der Waals surface area contributed by atoms with Crippen LogP contribution in [0.1, 0.15) is 32.6 Å². The molecule has 0 spiro atoms. The Morgan fingerprint density at radius 1 is 1.03 bits per heavy atom. The van der Waals surface area contributed by atoms with E-state index in [1.807, 2.05) is 54.2 Å². The predicted octanol–water partition coefficient (Wildman–Crippen LogP) is 6.03. The van der Waals surface area contributed by atoms with Crippen LogP contribution in [-0.4, -0.2) is 15.7 Å². The molecule has 4 rings (SSSR count). The van der Waals surface area contributed by atoms with Gasteiger partial charge in [-0.3, -0.25) is 9.48 Å². The van der Waals surface area contributed by atoms with Gasteiger partial charge in [-0.2, -0.15) is 5.10 Å². The van der Waals surface area contributed by atoms with Crippen LogP contribution >= 0.6 is 11.6 Å². The lowest BCUT2D eigenvalue weighted by atomic mass is 10.1. The van der Waals surface area contributed by atoms with Gasteiger partial charge in [-0.05, 0) is 60.9 Å².